The van der Waals surface area contributed by atoms with E-state index in [0.717, 1.165) is 5.39 Å². The summed E-state index contributed by atoms with van der Waals surface area (Å²) in [6, 6.07) is 12.3. The van der Waals surface area contributed by atoms with Gasteiger partial charge < -0.3 is 5.73 Å². The Morgan fingerprint density at radius 3 is 2.70 bits per heavy atom. The van der Waals surface area contributed by atoms with Gasteiger partial charge in [-0.05, 0) is 37.3 Å². The molecule has 0 saturated carbocycles. The van der Waals surface area contributed by atoms with Gasteiger partial charge in [0.25, 0.3) is 5.91 Å². The molecule has 3 aromatic heterocycles. The summed E-state index contributed by atoms with van der Waals surface area (Å²) in [7, 11) is 0. The molecule has 4 aromatic rings. The van der Waals surface area contributed by atoms with Crippen LogP contribution in [0.2, 0.25) is 0 Å². The van der Waals surface area contributed by atoms with Crippen molar-refractivity contribution >= 4 is 28.9 Å². The Balaban J connectivity index is 1.80. The van der Waals surface area contributed by atoms with Gasteiger partial charge in [-0.2, -0.15) is 5.10 Å². The predicted octanol–water partition coefficient (Wildman–Crippen LogP) is 2.88. The van der Waals surface area contributed by atoms with Crippen molar-refractivity contribution in [3.8, 4) is 11.3 Å². The lowest BCUT2D eigenvalue weighted by molar-refractivity contribution is 0.0944. The number of nitrogens with two attached hydrogens (primary N) is 1. The van der Waals surface area contributed by atoms with Crippen LogP contribution in [0.4, 0.5) is 5.69 Å². The van der Waals surface area contributed by atoms with Crippen molar-refractivity contribution < 1.29 is 9.59 Å². The van der Waals surface area contributed by atoms with E-state index in [9.17, 15) is 9.59 Å². The van der Waals surface area contributed by atoms with Crippen molar-refractivity contribution in [1.82, 2.24) is 19.7 Å². The Labute approximate surface area is 154 Å². The Hall–Kier alpha value is -3.87. The molecule has 7 nitrogen and oxygen atoms in total. The molecule has 0 aliphatic rings. The zero-order valence-electron chi connectivity index (χ0n) is 14.5. The fraction of sp³-hybridized carbons (Fsp3) is 0.0500. The lowest BCUT2D eigenvalue weighted by Gasteiger charge is -2.06. The third-order valence-corrected chi connectivity index (χ3v) is 4.27. The molecule has 3 heterocycles. The summed E-state index contributed by atoms with van der Waals surface area (Å²) in [5.74, 6) is -0.365. The zero-order chi connectivity index (χ0) is 19.0. The summed E-state index contributed by atoms with van der Waals surface area (Å²) in [5, 5.41) is 5.09. The van der Waals surface area contributed by atoms with Gasteiger partial charge in [-0.15, -0.1) is 0 Å². The van der Waals surface area contributed by atoms with Crippen molar-refractivity contribution in [2.75, 3.05) is 5.73 Å². The number of hydrogen-bond donors (Lipinski definition) is 1. The quantitative estimate of drug-likeness (QED) is 0.447. The average Bonchev–Trinajstić information content (AvgIpc) is 3.12. The number of hydrogen-bond acceptors (Lipinski definition) is 6. The summed E-state index contributed by atoms with van der Waals surface area (Å²) in [6.45, 7) is 1.74. The van der Waals surface area contributed by atoms with Gasteiger partial charge in [0.15, 0.2) is 11.9 Å². The molecule has 2 N–H and O–H groups in total. The number of aldehydes is 1. The van der Waals surface area contributed by atoms with Crippen LogP contribution in [0, 0.1) is 6.92 Å². The van der Waals surface area contributed by atoms with Gasteiger partial charge in [0.2, 0.25) is 0 Å². The maximum atomic E-state index is 13.0. The molecule has 0 saturated heterocycles. The van der Waals surface area contributed by atoms with Crippen LogP contribution in [0.3, 0.4) is 0 Å². The summed E-state index contributed by atoms with van der Waals surface area (Å²) in [4.78, 5) is 33.0. The molecule has 132 valence electrons. The number of fused-ring (bicyclic) bond motifs is 1. The number of nitrogen functional groups attached to an aromatic ring is 1. The predicted molar refractivity (Wildman–Crippen MR) is 101 cm³/mol. The molecule has 0 fully saturated rings. The largest absolute Gasteiger partial charge is 0.399 e. The van der Waals surface area contributed by atoms with Crippen LogP contribution in [-0.4, -0.2) is 31.9 Å². The highest BCUT2D eigenvalue weighted by Gasteiger charge is 2.19. The monoisotopic (exact) mass is 357 g/mol. The van der Waals surface area contributed by atoms with Crippen LogP contribution >= 0.6 is 0 Å². The number of aromatic nitrogens is 4. The Kier molecular flexibility index (Phi) is 3.97. The fourth-order valence-electron chi connectivity index (χ4n) is 2.88. The molecule has 7 heteroatoms. The smallest absolute Gasteiger partial charge is 0.280 e. The molecule has 1 aromatic carbocycles. The van der Waals surface area contributed by atoms with Crippen LogP contribution in [0.15, 0.2) is 54.9 Å². The van der Waals surface area contributed by atoms with E-state index in [1.54, 1.807) is 49.5 Å². The second kappa shape index (κ2) is 6.45. The molecule has 0 unspecified atom stereocenters. The van der Waals surface area contributed by atoms with Gasteiger partial charge in [-0.1, -0.05) is 12.1 Å². The van der Waals surface area contributed by atoms with Crippen LogP contribution in [0.1, 0.15) is 26.4 Å². The third kappa shape index (κ3) is 2.95. The number of aryl methyl sites for hydroxylation is 1. The first-order chi connectivity index (χ1) is 13.1. The van der Waals surface area contributed by atoms with Crippen molar-refractivity contribution in [1.29, 1.82) is 0 Å². The molecule has 0 radical (unpaired) electrons. The van der Waals surface area contributed by atoms with Crippen LogP contribution in [0.5, 0.6) is 0 Å². The zero-order valence-corrected chi connectivity index (χ0v) is 14.5. The maximum Gasteiger partial charge on any atom is 0.280 e. The van der Waals surface area contributed by atoms with E-state index in [1.807, 2.05) is 6.07 Å². The Morgan fingerprint density at radius 2 is 1.96 bits per heavy atom. The van der Waals surface area contributed by atoms with Crippen molar-refractivity contribution in [3.05, 3.63) is 71.7 Å². The van der Waals surface area contributed by atoms with E-state index >= 15 is 0 Å². The van der Waals surface area contributed by atoms with Crippen molar-refractivity contribution in [3.63, 3.8) is 0 Å². The van der Waals surface area contributed by atoms with Gasteiger partial charge >= 0.3 is 0 Å². The topological polar surface area (TPSA) is 104 Å². The van der Waals surface area contributed by atoms with Crippen molar-refractivity contribution in [2.45, 2.75) is 6.92 Å². The van der Waals surface area contributed by atoms with E-state index in [0.29, 0.717) is 45.7 Å². The highest BCUT2D eigenvalue weighted by molar-refractivity contribution is 6.00. The van der Waals surface area contributed by atoms with E-state index in [-0.39, 0.29) is 5.91 Å². The van der Waals surface area contributed by atoms with Crippen molar-refractivity contribution in [2.24, 2.45) is 0 Å². The lowest BCUT2D eigenvalue weighted by atomic mass is 10.1. The van der Waals surface area contributed by atoms with Gasteiger partial charge in [-0.25, -0.2) is 14.6 Å². The molecule has 0 aliphatic heterocycles. The summed E-state index contributed by atoms with van der Waals surface area (Å²) < 4.78 is 1.17. The second-order valence-electron chi connectivity index (χ2n) is 6.09. The van der Waals surface area contributed by atoms with Crippen LogP contribution in [0.25, 0.3) is 22.3 Å². The molecule has 0 spiro atoms. The molecule has 27 heavy (non-hydrogen) atoms. The van der Waals surface area contributed by atoms with E-state index in [4.69, 9.17) is 5.73 Å². The van der Waals surface area contributed by atoms with Gasteiger partial charge in [0, 0.05) is 29.0 Å². The average molecular weight is 357 g/mol. The molecular weight excluding hydrogens is 342 g/mol. The summed E-state index contributed by atoms with van der Waals surface area (Å²) in [6.07, 6.45) is 3.75. The molecule has 0 atom stereocenters. The number of anilines is 1. The first-order valence-corrected chi connectivity index (χ1v) is 8.24. The lowest BCUT2D eigenvalue weighted by Crippen LogP contribution is -2.15. The number of nitrogens with zero attached hydrogens (tertiary/aromatic N) is 4. The van der Waals surface area contributed by atoms with Crippen LogP contribution < -0.4 is 5.73 Å². The number of benzene rings is 1. The SMILES string of the molecule is Cc1nc2ncccc2cc1C(=O)n1cc(C=O)c(-c2ccc(N)cc2)n1. The molecular formula is C20H15N5O2. The molecule has 0 bridgehead atoms. The Morgan fingerprint density at radius 1 is 1.19 bits per heavy atom. The summed E-state index contributed by atoms with van der Waals surface area (Å²) >= 11 is 0. The highest BCUT2D eigenvalue weighted by Crippen LogP contribution is 2.23. The molecule has 0 aliphatic carbocycles. The van der Waals surface area contributed by atoms with E-state index in [2.05, 4.69) is 15.1 Å². The molecule has 0 amide bonds. The van der Waals surface area contributed by atoms with Gasteiger partial charge in [0.1, 0.15) is 5.69 Å². The number of pyridine rings is 2. The minimum Gasteiger partial charge on any atom is -0.399 e. The number of rotatable bonds is 3. The van der Waals surface area contributed by atoms with E-state index in [1.165, 1.54) is 10.9 Å². The fourth-order valence-corrected chi connectivity index (χ4v) is 2.88. The number of carbonyl (C=O) groups is 2. The van der Waals surface area contributed by atoms with E-state index < -0.39 is 0 Å². The number of carbonyl (C=O) groups excluding carboxylic acids is 2. The molecule has 4 rings (SSSR count). The van der Waals surface area contributed by atoms with Gasteiger partial charge in [-0.3, -0.25) is 9.59 Å². The Bertz CT molecular complexity index is 1180. The minimum atomic E-state index is -0.365. The normalized spacial score (nSPS) is 10.9. The first-order valence-electron chi connectivity index (χ1n) is 8.24. The summed E-state index contributed by atoms with van der Waals surface area (Å²) in [5.41, 5.74) is 9.28. The standard InChI is InChI=1S/C20H15N5O2/c1-12-17(9-14-3-2-8-22-19(14)23-12)20(27)25-10-15(11-26)18(24-25)13-4-6-16(21)7-5-13/h2-11H,21H2,1H3. The second-order valence-corrected chi connectivity index (χ2v) is 6.09. The van der Waals surface area contributed by atoms with Crippen LogP contribution in [-0.2, 0) is 0 Å². The highest BCUT2D eigenvalue weighted by atomic mass is 16.2. The minimum absolute atomic E-state index is 0.321. The van der Waals surface area contributed by atoms with Gasteiger partial charge in [0.05, 0.1) is 16.8 Å². The first kappa shape index (κ1) is 16.6. The third-order valence-electron chi connectivity index (χ3n) is 4.27. The maximum absolute atomic E-state index is 13.0.